The molecular weight excluding hydrogens is 256 g/mol. The van der Waals surface area contributed by atoms with Crippen molar-refractivity contribution in [1.29, 1.82) is 0 Å². The van der Waals surface area contributed by atoms with Crippen molar-refractivity contribution in [3.63, 3.8) is 0 Å². The van der Waals surface area contributed by atoms with E-state index in [2.05, 4.69) is 5.32 Å². The van der Waals surface area contributed by atoms with Gasteiger partial charge in [0.05, 0.1) is 7.11 Å². The highest BCUT2D eigenvalue weighted by Crippen LogP contribution is 2.29. The molecule has 6 heteroatoms. The quantitative estimate of drug-likeness (QED) is 0.739. The molecule has 0 aliphatic heterocycles. The van der Waals surface area contributed by atoms with Gasteiger partial charge in [-0.1, -0.05) is 19.3 Å². The number of nitrogens with one attached hydrogen (secondary N) is 1. The van der Waals surface area contributed by atoms with Crippen molar-refractivity contribution in [3.05, 3.63) is 0 Å². The normalized spacial score (nSPS) is 17.4. The highest BCUT2D eigenvalue weighted by Gasteiger charge is 2.41. The summed E-state index contributed by atoms with van der Waals surface area (Å²) in [7, 11) is 1.37. The van der Waals surface area contributed by atoms with Crippen LogP contribution >= 0.6 is 12.4 Å². The van der Waals surface area contributed by atoms with Crippen molar-refractivity contribution in [2.45, 2.75) is 50.5 Å². The van der Waals surface area contributed by atoms with Crippen LogP contribution in [0.1, 0.15) is 44.9 Å². The third-order valence-electron chi connectivity index (χ3n) is 3.27. The molecule has 0 atom stereocenters. The van der Waals surface area contributed by atoms with Gasteiger partial charge in [-0.3, -0.25) is 4.79 Å². The van der Waals surface area contributed by atoms with Crippen molar-refractivity contribution in [3.8, 4) is 0 Å². The van der Waals surface area contributed by atoms with Gasteiger partial charge in [0.2, 0.25) is 5.91 Å². The van der Waals surface area contributed by atoms with Crippen molar-refractivity contribution in [1.82, 2.24) is 5.32 Å². The molecule has 3 N–H and O–H groups in total. The average molecular weight is 279 g/mol. The first-order chi connectivity index (χ1) is 8.14. The monoisotopic (exact) mass is 278 g/mol. The first kappa shape index (κ1) is 17.2. The molecule has 0 spiro atoms. The molecule has 0 aromatic carbocycles. The van der Waals surface area contributed by atoms with Gasteiger partial charge in [0.25, 0.3) is 0 Å². The van der Waals surface area contributed by atoms with Crippen LogP contribution in [0.4, 0.5) is 0 Å². The minimum Gasteiger partial charge on any atom is -0.467 e. The summed E-state index contributed by atoms with van der Waals surface area (Å²) < 4.78 is 4.82. The van der Waals surface area contributed by atoms with Crippen LogP contribution in [0, 0.1) is 0 Å². The van der Waals surface area contributed by atoms with E-state index in [0.29, 0.717) is 32.2 Å². The Kier molecular flexibility index (Phi) is 7.95. The maximum absolute atomic E-state index is 11.8. The fraction of sp³-hybridized carbons (Fsp3) is 0.833. The molecule has 1 aliphatic rings. The van der Waals surface area contributed by atoms with E-state index >= 15 is 0 Å². The Morgan fingerprint density at radius 3 is 2.39 bits per heavy atom. The number of hydrogen-bond acceptors (Lipinski definition) is 4. The van der Waals surface area contributed by atoms with Gasteiger partial charge in [-0.15, -0.1) is 12.4 Å². The SMILES string of the molecule is COC(=O)C1(NC(=O)CCCN)CCCCC1.Cl. The maximum Gasteiger partial charge on any atom is 0.331 e. The van der Waals surface area contributed by atoms with E-state index in [-0.39, 0.29) is 24.3 Å². The van der Waals surface area contributed by atoms with Crippen LogP contribution in [0.2, 0.25) is 0 Å². The van der Waals surface area contributed by atoms with E-state index in [9.17, 15) is 9.59 Å². The molecule has 0 bridgehead atoms. The van der Waals surface area contributed by atoms with E-state index < -0.39 is 5.54 Å². The minimum absolute atomic E-state index is 0. The molecule has 1 saturated carbocycles. The second-order valence-electron chi connectivity index (χ2n) is 4.57. The second-order valence-corrected chi connectivity index (χ2v) is 4.57. The molecule has 1 fully saturated rings. The lowest BCUT2D eigenvalue weighted by Crippen LogP contribution is -2.56. The Labute approximate surface area is 114 Å². The van der Waals surface area contributed by atoms with E-state index in [1.54, 1.807) is 0 Å². The molecule has 1 rings (SSSR count). The van der Waals surface area contributed by atoms with Crippen LogP contribution in [0.25, 0.3) is 0 Å². The zero-order chi connectivity index (χ0) is 12.7. The molecule has 0 unspecified atom stereocenters. The summed E-state index contributed by atoms with van der Waals surface area (Å²) in [5.74, 6) is -0.430. The number of hydrogen-bond donors (Lipinski definition) is 2. The number of carbonyl (C=O) groups excluding carboxylic acids is 2. The fourth-order valence-corrected chi connectivity index (χ4v) is 2.32. The Morgan fingerprint density at radius 2 is 1.89 bits per heavy atom. The third kappa shape index (κ3) is 4.46. The van der Waals surface area contributed by atoms with Gasteiger partial charge in [0, 0.05) is 6.42 Å². The second kappa shape index (κ2) is 8.32. The summed E-state index contributed by atoms with van der Waals surface area (Å²) in [6.07, 6.45) is 5.37. The summed E-state index contributed by atoms with van der Waals surface area (Å²) in [4.78, 5) is 23.6. The number of methoxy groups -OCH3 is 1. The van der Waals surface area contributed by atoms with Gasteiger partial charge >= 0.3 is 5.97 Å². The molecule has 18 heavy (non-hydrogen) atoms. The highest BCUT2D eigenvalue weighted by molar-refractivity contribution is 5.88. The van der Waals surface area contributed by atoms with Crippen molar-refractivity contribution in [2.75, 3.05) is 13.7 Å². The van der Waals surface area contributed by atoms with E-state index in [4.69, 9.17) is 10.5 Å². The predicted octanol–water partition coefficient (Wildman–Crippen LogP) is 1.14. The molecule has 106 valence electrons. The van der Waals surface area contributed by atoms with E-state index in [1.807, 2.05) is 0 Å². The summed E-state index contributed by atoms with van der Waals surface area (Å²) in [5.41, 5.74) is 4.56. The highest BCUT2D eigenvalue weighted by atomic mass is 35.5. The molecule has 0 saturated heterocycles. The number of esters is 1. The topological polar surface area (TPSA) is 81.4 Å². The summed E-state index contributed by atoms with van der Waals surface area (Å²) >= 11 is 0. The molecule has 1 aliphatic carbocycles. The lowest BCUT2D eigenvalue weighted by molar-refractivity contribution is -0.152. The van der Waals surface area contributed by atoms with Gasteiger partial charge in [-0.2, -0.15) is 0 Å². The van der Waals surface area contributed by atoms with Crippen LogP contribution in [-0.4, -0.2) is 31.1 Å². The van der Waals surface area contributed by atoms with Gasteiger partial charge in [0.15, 0.2) is 0 Å². The number of halogens is 1. The van der Waals surface area contributed by atoms with E-state index in [0.717, 1.165) is 19.3 Å². The minimum atomic E-state index is -0.793. The smallest absolute Gasteiger partial charge is 0.331 e. The lowest BCUT2D eigenvalue weighted by atomic mass is 9.81. The van der Waals surface area contributed by atoms with Crippen LogP contribution < -0.4 is 11.1 Å². The zero-order valence-electron chi connectivity index (χ0n) is 10.9. The first-order valence-electron chi connectivity index (χ1n) is 6.24. The Morgan fingerprint density at radius 1 is 1.28 bits per heavy atom. The molecule has 1 amide bonds. The summed E-state index contributed by atoms with van der Waals surface area (Å²) in [6, 6.07) is 0. The number of nitrogens with two attached hydrogens (primary N) is 1. The van der Waals surface area contributed by atoms with Crippen molar-refractivity contribution < 1.29 is 14.3 Å². The van der Waals surface area contributed by atoms with Gasteiger partial charge in [-0.05, 0) is 25.8 Å². The number of amides is 1. The van der Waals surface area contributed by atoms with Crippen molar-refractivity contribution >= 4 is 24.3 Å². The van der Waals surface area contributed by atoms with E-state index in [1.165, 1.54) is 7.11 Å². The predicted molar refractivity (Wildman–Crippen MR) is 71.5 cm³/mol. The number of rotatable bonds is 5. The zero-order valence-corrected chi connectivity index (χ0v) is 11.7. The van der Waals surface area contributed by atoms with Gasteiger partial charge < -0.3 is 15.8 Å². The Balaban J connectivity index is 0.00000289. The van der Waals surface area contributed by atoms with Crippen LogP contribution in [0.3, 0.4) is 0 Å². The lowest BCUT2D eigenvalue weighted by Gasteiger charge is -2.35. The molecular formula is C12H23ClN2O3. The molecule has 5 nitrogen and oxygen atoms in total. The molecule has 0 radical (unpaired) electrons. The average Bonchev–Trinajstić information content (AvgIpc) is 2.36. The Bertz CT molecular complexity index is 278. The summed E-state index contributed by atoms with van der Waals surface area (Å²) in [5, 5.41) is 2.85. The summed E-state index contributed by atoms with van der Waals surface area (Å²) in [6.45, 7) is 0.485. The number of carbonyl (C=O) groups is 2. The van der Waals surface area contributed by atoms with Crippen LogP contribution in [-0.2, 0) is 14.3 Å². The van der Waals surface area contributed by atoms with Gasteiger partial charge in [-0.25, -0.2) is 4.79 Å². The molecule has 0 aromatic heterocycles. The van der Waals surface area contributed by atoms with Crippen LogP contribution in [0.15, 0.2) is 0 Å². The van der Waals surface area contributed by atoms with Gasteiger partial charge in [0.1, 0.15) is 5.54 Å². The number of ether oxygens (including phenoxy) is 1. The van der Waals surface area contributed by atoms with Crippen LogP contribution in [0.5, 0.6) is 0 Å². The maximum atomic E-state index is 11.8. The fourth-order valence-electron chi connectivity index (χ4n) is 2.32. The molecule has 0 heterocycles. The van der Waals surface area contributed by atoms with Crippen molar-refractivity contribution in [2.24, 2.45) is 5.73 Å². The Hall–Kier alpha value is -0.810. The third-order valence-corrected chi connectivity index (χ3v) is 3.27. The first-order valence-corrected chi connectivity index (χ1v) is 6.24. The largest absolute Gasteiger partial charge is 0.467 e. The molecule has 0 aromatic rings. The standard InChI is InChI=1S/C12H22N2O3.ClH/c1-17-11(16)12(7-3-2-4-8-12)14-10(15)6-5-9-13;/h2-9,13H2,1H3,(H,14,15);1H.